The third-order valence-corrected chi connectivity index (χ3v) is 9.38. The second-order valence-electron chi connectivity index (χ2n) is 9.82. The van der Waals surface area contributed by atoms with E-state index < -0.39 is 9.84 Å². The summed E-state index contributed by atoms with van der Waals surface area (Å²) in [7, 11) is -3.70. The first-order valence-electron chi connectivity index (χ1n) is 12.0. The highest BCUT2D eigenvalue weighted by Gasteiger charge is 2.44. The number of anilines is 1. The summed E-state index contributed by atoms with van der Waals surface area (Å²) >= 11 is 1.54. The van der Waals surface area contributed by atoms with Gasteiger partial charge in [0.2, 0.25) is 5.91 Å². The summed E-state index contributed by atoms with van der Waals surface area (Å²) in [4.78, 5) is 33.6. The van der Waals surface area contributed by atoms with Crippen LogP contribution in [-0.2, 0) is 14.6 Å². The number of nitrogen functional groups attached to an aromatic ring is 1. The summed E-state index contributed by atoms with van der Waals surface area (Å²) in [5.74, 6) is -0.0577. The van der Waals surface area contributed by atoms with Gasteiger partial charge in [-0.15, -0.1) is 11.3 Å². The molecule has 2 unspecified atom stereocenters. The van der Waals surface area contributed by atoms with Crippen LogP contribution in [0.4, 0.5) is 5.82 Å². The Morgan fingerprint density at radius 1 is 1.05 bits per heavy atom. The Hall–Kier alpha value is -3.45. The standard InChI is InChI=1S/C24H26N8O3S2/c1-12-8-28-24(36-12)19-11-26-18(10-27-19)17-9-29-32-22(25)21(37(3,34)35)20(30-23(17)32)14-6-15-4-5-16(7-14)31(15)13(2)33/h8-11,14-16H,4-7,25H2,1-3H3/t14?,15-,16?/m1/s1. The monoisotopic (exact) mass is 538 g/mol. The molecule has 1 amide bonds. The van der Waals surface area contributed by atoms with Crippen molar-refractivity contribution in [1.82, 2.24) is 34.4 Å². The number of rotatable bonds is 4. The van der Waals surface area contributed by atoms with Crippen LogP contribution >= 0.6 is 11.3 Å². The van der Waals surface area contributed by atoms with Crippen molar-refractivity contribution in [3.63, 3.8) is 0 Å². The van der Waals surface area contributed by atoms with Crippen LogP contribution in [0.5, 0.6) is 0 Å². The average Bonchev–Trinajstić information content (AvgIpc) is 3.54. The molecular weight excluding hydrogens is 512 g/mol. The van der Waals surface area contributed by atoms with E-state index in [-0.39, 0.29) is 34.6 Å². The molecule has 37 heavy (non-hydrogen) atoms. The smallest absolute Gasteiger partial charge is 0.219 e. The summed E-state index contributed by atoms with van der Waals surface area (Å²) in [6.45, 7) is 3.58. The number of carbonyl (C=O) groups is 1. The number of amides is 1. The van der Waals surface area contributed by atoms with Crippen molar-refractivity contribution in [1.29, 1.82) is 0 Å². The van der Waals surface area contributed by atoms with E-state index >= 15 is 0 Å². The molecule has 192 valence electrons. The van der Waals surface area contributed by atoms with Gasteiger partial charge in [0.15, 0.2) is 15.5 Å². The van der Waals surface area contributed by atoms with Crippen molar-refractivity contribution >= 4 is 38.5 Å². The van der Waals surface area contributed by atoms with Gasteiger partial charge in [-0.05, 0) is 32.6 Å². The summed E-state index contributed by atoms with van der Waals surface area (Å²) in [5, 5.41) is 5.13. The largest absolute Gasteiger partial charge is 0.382 e. The van der Waals surface area contributed by atoms with Gasteiger partial charge >= 0.3 is 0 Å². The number of sulfone groups is 1. The van der Waals surface area contributed by atoms with Crippen LogP contribution in [0.3, 0.4) is 0 Å². The zero-order chi connectivity index (χ0) is 26.1. The molecule has 4 aromatic rings. The van der Waals surface area contributed by atoms with Crippen LogP contribution in [0.25, 0.3) is 27.6 Å². The number of nitrogens with zero attached hydrogens (tertiary/aromatic N) is 7. The quantitative estimate of drug-likeness (QED) is 0.414. The van der Waals surface area contributed by atoms with Gasteiger partial charge in [-0.1, -0.05) is 0 Å². The minimum Gasteiger partial charge on any atom is -0.382 e. The van der Waals surface area contributed by atoms with Crippen LogP contribution in [0, 0.1) is 6.92 Å². The average molecular weight is 539 g/mol. The van der Waals surface area contributed by atoms with E-state index in [1.165, 1.54) is 15.9 Å². The van der Waals surface area contributed by atoms with Gasteiger partial charge in [-0.3, -0.25) is 9.78 Å². The lowest BCUT2D eigenvalue weighted by molar-refractivity contribution is -0.133. The van der Waals surface area contributed by atoms with Crippen LogP contribution < -0.4 is 5.73 Å². The number of aromatic nitrogens is 6. The van der Waals surface area contributed by atoms with Crippen molar-refractivity contribution in [3.05, 3.63) is 35.4 Å². The molecule has 0 aliphatic carbocycles. The molecule has 11 nitrogen and oxygen atoms in total. The van der Waals surface area contributed by atoms with Gasteiger partial charge in [0.05, 0.1) is 35.5 Å². The second-order valence-corrected chi connectivity index (χ2v) is 13.0. The molecule has 0 radical (unpaired) electrons. The molecular formula is C24H26N8O3S2. The lowest BCUT2D eigenvalue weighted by Gasteiger charge is -2.38. The normalized spacial score (nSPS) is 21.6. The van der Waals surface area contributed by atoms with Crippen LogP contribution in [-0.4, -0.2) is 67.1 Å². The Morgan fingerprint density at radius 2 is 1.73 bits per heavy atom. The molecule has 6 heterocycles. The first-order chi connectivity index (χ1) is 17.6. The first kappa shape index (κ1) is 23.9. The van der Waals surface area contributed by atoms with E-state index in [0.717, 1.165) is 29.0 Å². The van der Waals surface area contributed by atoms with Crippen molar-refractivity contribution in [2.45, 2.75) is 62.4 Å². The third kappa shape index (κ3) is 3.96. The molecule has 2 N–H and O–H groups in total. The molecule has 2 fully saturated rings. The molecule has 0 spiro atoms. The van der Waals surface area contributed by atoms with Crippen molar-refractivity contribution in [3.8, 4) is 22.0 Å². The predicted octanol–water partition coefficient (Wildman–Crippen LogP) is 2.86. The Bertz CT molecular complexity index is 1630. The van der Waals surface area contributed by atoms with Gasteiger partial charge in [0, 0.05) is 42.3 Å². The van der Waals surface area contributed by atoms with Crippen LogP contribution in [0.1, 0.15) is 49.1 Å². The highest BCUT2D eigenvalue weighted by atomic mass is 32.2. The maximum atomic E-state index is 12.9. The second kappa shape index (κ2) is 8.55. The lowest BCUT2D eigenvalue weighted by atomic mass is 9.87. The molecule has 4 aromatic heterocycles. The highest BCUT2D eigenvalue weighted by molar-refractivity contribution is 7.91. The molecule has 0 saturated carbocycles. The molecule has 2 aliphatic rings. The number of carbonyl (C=O) groups excluding carboxylic acids is 1. The van der Waals surface area contributed by atoms with Crippen molar-refractivity contribution in [2.24, 2.45) is 0 Å². The molecule has 2 bridgehead atoms. The predicted molar refractivity (Wildman–Crippen MR) is 139 cm³/mol. The van der Waals surface area contributed by atoms with E-state index in [1.54, 1.807) is 31.7 Å². The molecule has 13 heteroatoms. The highest BCUT2D eigenvalue weighted by Crippen LogP contribution is 2.45. The Labute approximate surface area is 217 Å². The maximum absolute atomic E-state index is 12.9. The third-order valence-electron chi connectivity index (χ3n) is 7.29. The Kier molecular flexibility index (Phi) is 5.53. The van der Waals surface area contributed by atoms with Crippen LogP contribution in [0.15, 0.2) is 29.7 Å². The van der Waals surface area contributed by atoms with Crippen molar-refractivity contribution in [2.75, 3.05) is 12.0 Å². The van der Waals surface area contributed by atoms with Gasteiger partial charge in [-0.25, -0.2) is 23.4 Å². The maximum Gasteiger partial charge on any atom is 0.219 e. The van der Waals surface area contributed by atoms with Crippen molar-refractivity contribution < 1.29 is 13.2 Å². The Balaban J connectivity index is 1.45. The van der Waals surface area contributed by atoms with Gasteiger partial charge in [0.25, 0.3) is 0 Å². The van der Waals surface area contributed by atoms with E-state index in [1.807, 2.05) is 11.8 Å². The fourth-order valence-electron chi connectivity index (χ4n) is 5.82. The number of piperidine rings is 1. The minimum atomic E-state index is -3.70. The summed E-state index contributed by atoms with van der Waals surface area (Å²) < 4.78 is 27.2. The zero-order valence-electron chi connectivity index (χ0n) is 20.6. The molecule has 2 saturated heterocycles. The summed E-state index contributed by atoms with van der Waals surface area (Å²) in [6.07, 6.45) is 10.9. The van der Waals surface area contributed by atoms with Crippen LogP contribution in [0.2, 0.25) is 0 Å². The van der Waals surface area contributed by atoms with E-state index in [9.17, 15) is 13.2 Å². The van der Waals surface area contributed by atoms with Gasteiger partial charge in [0.1, 0.15) is 21.4 Å². The fraction of sp³-hybridized carbons (Fsp3) is 0.417. The number of hydrogen-bond donors (Lipinski definition) is 1. The SMILES string of the molecule is CC(=O)N1C2CC[C@@H]1CC(c1nc3c(-c4cnc(-c5ncc(C)s5)cn4)cnn3c(N)c1S(C)(=O)=O)C2. The van der Waals surface area contributed by atoms with E-state index in [4.69, 9.17) is 10.7 Å². The lowest BCUT2D eigenvalue weighted by Crippen LogP contribution is -2.45. The summed E-state index contributed by atoms with van der Waals surface area (Å²) in [5.41, 5.74) is 9.12. The summed E-state index contributed by atoms with van der Waals surface area (Å²) in [6, 6.07) is 0.149. The van der Waals surface area contributed by atoms with E-state index in [2.05, 4.69) is 20.1 Å². The number of aryl methyl sites for hydroxylation is 1. The zero-order valence-corrected chi connectivity index (χ0v) is 22.3. The topological polar surface area (TPSA) is 149 Å². The minimum absolute atomic E-state index is 0.0101. The number of thiazole rings is 1. The molecule has 6 rings (SSSR count). The fourth-order valence-corrected chi connectivity index (χ4v) is 7.60. The Morgan fingerprint density at radius 3 is 2.30 bits per heavy atom. The van der Waals surface area contributed by atoms with Gasteiger partial charge in [-0.2, -0.15) is 9.61 Å². The van der Waals surface area contributed by atoms with Gasteiger partial charge < -0.3 is 10.6 Å². The number of nitrogens with two attached hydrogens (primary N) is 1. The molecule has 3 atom stereocenters. The molecule has 2 aliphatic heterocycles. The van der Waals surface area contributed by atoms with E-state index in [0.29, 0.717) is 41.1 Å². The number of fused-ring (bicyclic) bond motifs is 3. The first-order valence-corrected chi connectivity index (χ1v) is 14.7. The molecule has 0 aromatic carbocycles. The number of hydrogen-bond acceptors (Lipinski definition) is 10.